The normalized spacial score (nSPS) is 28.6. The summed E-state index contributed by atoms with van der Waals surface area (Å²) in [6, 6.07) is 0. The topological polar surface area (TPSA) is 72.8 Å². The van der Waals surface area contributed by atoms with Gasteiger partial charge in [0.2, 0.25) is 6.29 Å². The lowest BCUT2D eigenvalue weighted by Crippen LogP contribution is -2.17. The molecule has 0 aromatic heterocycles. The predicted molar refractivity (Wildman–Crippen MR) is 37.3 cm³/mol. The summed E-state index contributed by atoms with van der Waals surface area (Å²) in [4.78, 5) is 21.0. The summed E-state index contributed by atoms with van der Waals surface area (Å²) in [7, 11) is 0. The van der Waals surface area contributed by atoms with Gasteiger partial charge in [0.15, 0.2) is 6.10 Å². The van der Waals surface area contributed by atoms with Crippen molar-refractivity contribution in [3.8, 4) is 0 Å². The Balaban J connectivity index is 2.33. The molecule has 0 aromatic carbocycles. The Hall–Kier alpha value is -1.10. The molecule has 0 spiro atoms. The van der Waals surface area contributed by atoms with Crippen LogP contribution in [0, 0.1) is 0 Å². The zero-order valence-electron chi connectivity index (χ0n) is 6.65. The van der Waals surface area contributed by atoms with Crippen LogP contribution in [0.5, 0.6) is 0 Å². The number of carboxylic acids is 1. The highest BCUT2D eigenvalue weighted by atomic mass is 16.7. The summed E-state index contributed by atoms with van der Waals surface area (Å²) in [6.45, 7) is 1.60. The van der Waals surface area contributed by atoms with Crippen LogP contribution >= 0.6 is 0 Å². The first-order valence-corrected chi connectivity index (χ1v) is 3.67. The Bertz CT molecular complexity index is 200. The smallest absolute Gasteiger partial charge is 0.337 e. The summed E-state index contributed by atoms with van der Waals surface area (Å²) >= 11 is 0. The summed E-state index contributed by atoms with van der Waals surface area (Å²) in [6.07, 6.45) is -1.14. The highest BCUT2D eigenvalue weighted by Gasteiger charge is 2.32. The van der Waals surface area contributed by atoms with Crippen LogP contribution in [-0.4, -0.2) is 29.4 Å². The van der Waals surface area contributed by atoms with E-state index in [1.54, 1.807) is 6.92 Å². The number of rotatable bonds is 3. The number of aliphatic carboxylic acids is 1. The molecule has 1 heterocycles. The average molecular weight is 174 g/mol. The van der Waals surface area contributed by atoms with E-state index in [0.29, 0.717) is 0 Å². The first kappa shape index (κ1) is 8.99. The molecule has 1 saturated heterocycles. The molecule has 68 valence electrons. The molecule has 0 aliphatic carbocycles. The molecule has 5 nitrogen and oxygen atoms in total. The maximum absolute atomic E-state index is 10.9. The van der Waals surface area contributed by atoms with E-state index >= 15 is 0 Å². The van der Waals surface area contributed by atoms with Crippen molar-refractivity contribution in [1.29, 1.82) is 0 Å². The molecule has 2 unspecified atom stereocenters. The lowest BCUT2D eigenvalue weighted by Gasteiger charge is -2.02. The van der Waals surface area contributed by atoms with Gasteiger partial charge in [-0.15, -0.1) is 0 Å². The first-order chi connectivity index (χ1) is 5.59. The fraction of sp³-hybridized carbons (Fsp3) is 0.714. The van der Waals surface area contributed by atoms with Gasteiger partial charge in [0.25, 0.3) is 0 Å². The van der Waals surface area contributed by atoms with Gasteiger partial charge in [-0.2, -0.15) is 0 Å². The van der Waals surface area contributed by atoms with Crippen molar-refractivity contribution in [2.24, 2.45) is 0 Å². The highest BCUT2D eigenvalue weighted by Crippen LogP contribution is 2.16. The van der Waals surface area contributed by atoms with E-state index < -0.39 is 24.3 Å². The Kier molecular flexibility index (Phi) is 2.65. The van der Waals surface area contributed by atoms with E-state index in [1.807, 2.05) is 0 Å². The van der Waals surface area contributed by atoms with Gasteiger partial charge in [0.1, 0.15) is 0 Å². The molecule has 0 amide bonds. The van der Waals surface area contributed by atoms with E-state index in [1.165, 1.54) is 0 Å². The molecular weight excluding hydrogens is 164 g/mol. The van der Waals surface area contributed by atoms with Crippen LogP contribution in [0.4, 0.5) is 0 Å². The van der Waals surface area contributed by atoms with Crippen LogP contribution in [0.2, 0.25) is 0 Å². The number of hydrogen-bond donors (Lipinski definition) is 1. The maximum atomic E-state index is 10.9. The molecule has 0 saturated carbocycles. The molecule has 0 bridgehead atoms. The van der Waals surface area contributed by atoms with Crippen LogP contribution in [0.1, 0.15) is 19.8 Å². The summed E-state index contributed by atoms with van der Waals surface area (Å²) in [5, 5.41) is 8.32. The second kappa shape index (κ2) is 3.53. The van der Waals surface area contributed by atoms with E-state index in [9.17, 15) is 9.59 Å². The zero-order valence-corrected chi connectivity index (χ0v) is 6.65. The van der Waals surface area contributed by atoms with E-state index in [0.717, 1.165) is 0 Å². The lowest BCUT2D eigenvalue weighted by atomic mass is 10.2. The molecule has 1 aliphatic heterocycles. The zero-order chi connectivity index (χ0) is 9.14. The van der Waals surface area contributed by atoms with Gasteiger partial charge in [-0.3, -0.25) is 4.79 Å². The number of hydrogen-bond acceptors (Lipinski definition) is 4. The fourth-order valence-electron chi connectivity index (χ4n) is 0.995. The molecule has 1 N–H and O–H groups in total. The Labute approximate surface area is 69.3 Å². The Morgan fingerprint density at radius 3 is 2.75 bits per heavy atom. The number of carboxylic acid groups (broad SMARTS) is 1. The molecule has 0 aromatic rings. The third-order valence-electron chi connectivity index (χ3n) is 1.52. The monoisotopic (exact) mass is 174 g/mol. The molecule has 1 fully saturated rings. The van der Waals surface area contributed by atoms with Gasteiger partial charge in [0, 0.05) is 6.42 Å². The van der Waals surface area contributed by atoms with Crippen molar-refractivity contribution in [2.75, 3.05) is 0 Å². The van der Waals surface area contributed by atoms with Crippen LogP contribution in [-0.2, 0) is 19.1 Å². The van der Waals surface area contributed by atoms with Crippen molar-refractivity contribution in [1.82, 2.24) is 0 Å². The van der Waals surface area contributed by atoms with Gasteiger partial charge >= 0.3 is 11.9 Å². The van der Waals surface area contributed by atoms with Crippen LogP contribution in [0.15, 0.2) is 0 Å². The highest BCUT2D eigenvalue weighted by molar-refractivity contribution is 5.77. The summed E-state index contributed by atoms with van der Waals surface area (Å²) in [5.74, 6) is -1.41. The number of carbonyl (C=O) groups is 2. The number of esters is 1. The molecule has 2 atom stereocenters. The number of ether oxygens (including phenoxy) is 2. The standard InChI is InChI=1S/C7H10O5/c1-4-11-5(7(10)12-4)2-3-6(8)9/h4-5H,2-3H2,1H3,(H,8,9). The number of cyclic esters (lactones) is 1. The summed E-state index contributed by atoms with van der Waals surface area (Å²) < 4.78 is 9.64. The Morgan fingerprint density at radius 2 is 2.33 bits per heavy atom. The van der Waals surface area contributed by atoms with Crippen LogP contribution in [0.25, 0.3) is 0 Å². The van der Waals surface area contributed by atoms with Crippen LogP contribution in [0.3, 0.4) is 0 Å². The van der Waals surface area contributed by atoms with Gasteiger partial charge in [-0.1, -0.05) is 0 Å². The van der Waals surface area contributed by atoms with E-state index in [-0.39, 0.29) is 12.8 Å². The summed E-state index contributed by atoms with van der Waals surface area (Å²) in [5.41, 5.74) is 0. The average Bonchev–Trinajstić information content (AvgIpc) is 2.26. The minimum atomic E-state index is -0.939. The fourth-order valence-corrected chi connectivity index (χ4v) is 0.995. The molecule has 5 heteroatoms. The third-order valence-corrected chi connectivity index (χ3v) is 1.52. The second-order valence-corrected chi connectivity index (χ2v) is 2.56. The van der Waals surface area contributed by atoms with Gasteiger partial charge in [0.05, 0.1) is 0 Å². The van der Waals surface area contributed by atoms with Crippen LogP contribution < -0.4 is 0 Å². The minimum absolute atomic E-state index is 0.0769. The largest absolute Gasteiger partial charge is 0.481 e. The molecule has 0 radical (unpaired) electrons. The third kappa shape index (κ3) is 2.20. The lowest BCUT2D eigenvalue weighted by molar-refractivity contribution is -0.142. The molecule has 1 aliphatic rings. The SMILES string of the molecule is CC1OC(=O)C(CCC(=O)O)O1. The van der Waals surface area contributed by atoms with Crippen molar-refractivity contribution < 1.29 is 24.2 Å². The van der Waals surface area contributed by atoms with Crippen molar-refractivity contribution >= 4 is 11.9 Å². The molecule has 12 heavy (non-hydrogen) atoms. The minimum Gasteiger partial charge on any atom is -0.481 e. The van der Waals surface area contributed by atoms with Crippen molar-refractivity contribution in [3.05, 3.63) is 0 Å². The van der Waals surface area contributed by atoms with Gasteiger partial charge in [-0.05, 0) is 13.3 Å². The predicted octanol–water partition coefficient (Wildman–Crippen LogP) is 0.139. The Morgan fingerprint density at radius 1 is 1.67 bits per heavy atom. The molecular formula is C7H10O5. The second-order valence-electron chi connectivity index (χ2n) is 2.56. The van der Waals surface area contributed by atoms with Gasteiger partial charge < -0.3 is 14.6 Å². The number of carbonyl (C=O) groups excluding carboxylic acids is 1. The van der Waals surface area contributed by atoms with Crippen molar-refractivity contribution in [3.63, 3.8) is 0 Å². The van der Waals surface area contributed by atoms with Gasteiger partial charge in [-0.25, -0.2) is 4.79 Å². The first-order valence-electron chi connectivity index (χ1n) is 3.67. The van der Waals surface area contributed by atoms with E-state index in [4.69, 9.17) is 9.84 Å². The quantitative estimate of drug-likeness (QED) is 0.616. The van der Waals surface area contributed by atoms with E-state index in [2.05, 4.69) is 4.74 Å². The molecule has 1 rings (SSSR count). The van der Waals surface area contributed by atoms with Crippen molar-refractivity contribution in [2.45, 2.75) is 32.2 Å². The maximum Gasteiger partial charge on any atom is 0.337 e.